The fraction of sp³-hybridized carbons (Fsp3) is 0.481. The number of carbonyl (C=O) groups is 2. The summed E-state index contributed by atoms with van der Waals surface area (Å²) in [4.78, 5) is 25.5. The molecular formula is C27H38N2O4S2. The summed E-state index contributed by atoms with van der Waals surface area (Å²) in [6.07, 6.45) is 8.42. The van der Waals surface area contributed by atoms with Gasteiger partial charge in [-0.3, -0.25) is 4.79 Å². The Kier molecular flexibility index (Phi) is 12.3. The number of benzene rings is 2. The molecule has 0 saturated heterocycles. The molecule has 0 bridgehead atoms. The van der Waals surface area contributed by atoms with Crippen molar-refractivity contribution in [2.45, 2.75) is 75.5 Å². The molecule has 8 heteroatoms. The Morgan fingerprint density at radius 3 is 2.23 bits per heavy atom. The van der Waals surface area contributed by atoms with Gasteiger partial charge < -0.3 is 10.6 Å². The summed E-state index contributed by atoms with van der Waals surface area (Å²) in [5, 5.41) is 5.58. The standard InChI is InChI=1S/C27H38N2O4S2/c1-4-5-6-7-8-9-26(30)25(18-19-34-3)29-27(31)28-23-14-12-22(13-15-23)20-35(32,33)24-16-10-21(2)11-17-24/h10-17,25H,4-9,18-20H2,1-3H3,(H2,28,29,31)/t25-/m1/s1. The quantitative estimate of drug-likeness (QED) is 0.276. The van der Waals surface area contributed by atoms with Gasteiger partial charge in [-0.1, -0.05) is 62.4 Å². The lowest BCUT2D eigenvalue weighted by atomic mass is 10.0. The van der Waals surface area contributed by atoms with Gasteiger partial charge in [0.15, 0.2) is 15.6 Å². The molecule has 1 atom stereocenters. The zero-order valence-corrected chi connectivity index (χ0v) is 22.6. The number of hydrogen-bond donors (Lipinski definition) is 2. The van der Waals surface area contributed by atoms with Crippen molar-refractivity contribution in [3.05, 3.63) is 59.7 Å². The van der Waals surface area contributed by atoms with Gasteiger partial charge in [-0.2, -0.15) is 11.8 Å². The normalized spacial score (nSPS) is 12.2. The van der Waals surface area contributed by atoms with Gasteiger partial charge in [0, 0.05) is 12.1 Å². The summed E-state index contributed by atoms with van der Waals surface area (Å²) >= 11 is 1.65. The first-order chi connectivity index (χ1) is 16.7. The number of aryl methyl sites for hydroxylation is 1. The SMILES string of the molecule is CCCCCCCC(=O)[C@@H](CCSC)NC(=O)Nc1ccc(CS(=O)(=O)c2ccc(C)cc2)cc1. The highest BCUT2D eigenvalue weighted by atomic mass is 32.2. The summed E-state index contributed by atoms with van der Waals surface area (Å²) in [6.45, 7) is 4.07. The van der Waals surface area contributed by atoms with Crippen molar-refractivity contribution in [3.8, 4) is 0 Å². The molecule has 2 aromatic carbocycles. The molecule has 0 unspecified atom stereocenters. The third-order valence-electron chi connectivity index (χ3n) is 5.78. The zero-order valence-electron chi connectivity index (χ0n) is 21.0. The van der Waals surface area contributed by atoms with E-state index in [1.54, 1.807) is 60.3 Å². The predicted molar refractivity (Wildman–Crippen MR) is 146 cm³/mol. The van der Waals surface area contributed by atoms with Gasteiger partial charge in [0.25, 0.3) is 0 Å². The summed E-state index contributed by atoms with van der Waals surface area (Å²) in [5.74, 6) is 0.741. The van der Waals surface area contributed by atoms with Crippen LogP contribution in [0.15, 0.2) is 53.4 Å². The number of hydrogen-bond acceptors (Lipinski definition) is 5. The molecule has 0 aliphatic carbocycles. The Balaban J connectivity index is 1.91. The molecule has 0 radical (unpaired) electrons. The fourth-order valence-corrected chi connectivity index (χ4v) is 5.50. The maximum Gasteiger partial charge on any atom is 0.319 e. The van der Waals surface area contributed by atoms with Crippen LogP contribution in [0, 0.1) is 6.92 Å². The van der Waals surface area contributed by atoms with Crippen molar-refractivity contribution in [1.82, 2.24) is 5.32 Å². The number of Topliss-reactive ketones (excluding diaryl/α,β-unsaturated/α-hetero) is 1. The average Bonchev–Trinajstić information content (AvgIpc) is 2.82. The summed E-state index contributed by atoms with van der Waals surface area (Å²) in [5.41, 5.74) is 2.17. The largest absolute Gasteiger partial charge is 0.328 e. The predicted octanol–water partition coefficient (Wildman–Crippen LogP) is 6.14. The summed E-state index contributed by atoms with van der Waals surface area (Å²) in [6, 6.07) is 12.6. The number of thioether (sulfide) groups is 1. The van der Waals surface area contributed by atoms with Crippen LogP contribution in [0.25, 0.3) is 0 Å². The van der Waals surface area contributed by atoms with Gasteiger partial charge in [0.05, 0.1) is 16.7 Å². The molecule has 0 saturated carbocycles. The van der Waals surface area contributed by atoms with Crippen molar-refractivity contribution in [2.24, 2.45) is 0 Å². The van der Waals surface area contributed by atoms with E-state index in [2.05, 4.69) is 17.6 Å². The van der Waals surface area contributed by atoms with Crippen LogP contribution in [0.1, 0.15) is 63.0 Å². The van der Waals surface area contributed by atoms with E-state index in [1.165, 1.54) is 6.42 Å². The third-order valence-corrected chi connectivity index (χ3v) is 8.13. The molecule has 0 fully saturated rings. The Labute approximate surface area is 214 Å². The topological polar surface area (TPSA) is 92.3 Å². The van der Waals surface area contributed by atoms with Crippen LogP contribution < -0.4 is 10.6 Å². The smallest absolute Gasteiger partial charge is 0.319 e. The van der Waals surface area contributed by atoms with E-state index in [9.17, 15) is 18.0 Å². The minimum atomic E-state index is -3.45. The first kappa shape index (κ1) is 28.9. The number of nitrogens with one attached hydrogen (secondary N) is 2. The maximum absolute atomic E-state index is 12.7. The van der Waals surface area contributed by atoms with Crippen LogP contribution in [0.3, 0.4) is 0 Å². The van der Waals surface area contributed by atoms with Crippen LogP contribution in [-0.4, -0.2) is 38.3 Å². The van der Waals surface area contributed by atoms with Crippen LogP contribution in [-0.2, 0) is 20.4 Å². The van der Waals surface area contributed by atoms with Gasteiger partial charge in [0.2, 0.25) is 0 Å². The molecule has 35 heavy (non-hydrogen) atoms. The lowest BCUT2D eigenvalue weighted by Crippen LogP contribution is -2.43. The van der Waals surface area contributed by atoms with Gasteiger partial charge in [-0.05, 0) is 61.6 Å². The Morgan fingerprint density at radius 1 is 0.943 bits per heavy atom. The number of unbranched alkanes of at least 4 members (excludes halogenated alkanes) is 4. The highest BCUT2D eigenvalue weighted by Gasteiger charge is 2.20. The Hall–Kier alpha value is -2.32. The number of anilines is 1. The maximum atomic E-state index is 12.7. The molecule has 0 heterocycles. The fourth-order valence-electron chi connectivity index (χ4n) is 3.68. The lowest BCUT2D eigenvalue weighted by Gasteiger charge is -2.18. The summed E-state index contributed by atoms with van der Waals surface area (Å²) in [7, 11) is -3.45. The van der Waals surface area contributed by atoms with E-state index in [0.717, 1.165) is 37.0 Å². The molecule has 2 amide bonds. The zero-order chi connectivity index (χ0) is 25.7. The molecule has 192 valence electrons. The first-order valence-corrected chi connectivity index (χ1v) is 15.3. The number of urea groups is 1. The van der Waals surface area contributed by atoms with Crippen molar-refractivity contribution in [2.75, 3.05) is 17.3 Å². The third kappa shape index (κ3) is 10.4. The van der Waals surface area contributed by atoms with E-state index < -0.39 is 21.9 Å². The van der Waals surface area contributed by atoms with E-state index in [-0.39, 0.29) is 16.4 Å². The van der Waals surface area contributed by atoms with Crippen molar-refractivity contribution in [3.63, 3.8) is 0 Å². The second-order valence-electron chi connectivity index (χ2n) is 8.83. The van der Waals surface area contributed by atoms with Crippen molar-refractivity contribution >= 4 is 39.1 Å². The van der Waals surface area contributed by atoms with Crippen LogP contribution >= 0.6 is 11.8 Å². The van der Waals surface area contributed by atoms with E-state index in [0.29, 0.717) is 24.1 Å². The molecule has 2 rings (SSSR count). The van der Waals surface area contributed by atoms with Gasteiger partial charge >= 0.3 is 6.03 Å². The molecular weight excluding hydrogens is 480 g/mol. The van der Waals surface area contributed by atoms with Crippen LogP contribution in [0.2, 0.25) is 0 Å². The Morgan fingerprint density at radius 2 is 1.60 bits per heavy atom. The Bertz CT molecular complexity index is 1040. The minimum Gasteiger partial charge on any atom is -0.328 e. The van der Waals surface area contributed by atoms with E-state index in [1.807, 2.05) is 13.2 Å². The highest BCUT2D eigenvalue weighted by Crippen LogP contribution is 2.19. The molecule has 6 nitrogen and oxygen atoms in total. The number of amides is 2. The molecule has 0 aromatic heterocycles. The van der Waals surface area contributed by atoms with E-state index >= 15 is 0 Å². The number of rotatable bonds is 15. The number of ketones is 1. The highest BCUT2D eigenvalue weighted by molar-refractivity contribution is 7.98. The van der Waals surface area contributed by atoms with E-state index in [4.69, 9.17) is 0 Å². The molecule has 2 aromatic rings. The second kappa shape index (κ2) is 14.9. The summed E-state index contributed by atoms with van der Waals surface area (Å²) < 4.78 is 25.3. The van der Waals surface area contributed by atoms with Crippen LogP contribution in [0.4, 0.5) is 10.5 Å². The molecule has 0 aliphatic rings. The molecule has 2 N–H and O–H groups in total. The van der Waals surface area contributed by atoms with Gasteiger partial charge in [-0.25, -0.2) is 13.2 Å². The number of carbonyl (C=O) groups excluding carboxylic acids is 2. The van der Waals surface area contributed by atoms with Gasteiger partial charge in [-0.15, -0.1) is 0 Å². The molecule has 0 aliphatic heterocycles. The lowest BCUT2D eigenvalue weighted by molar-refractivity contribution is -0.121. The van der Waals surface area contributed by atoms with Crippen molar-refractivity contribution < 1.29 is 18.0 Å². The monoisotopic (exact) mass is 518 g/mol. The first-order valence-electron chi connectivity index (χ1n) is 12.2. The number of sulfone groups is 1. The van der Waals surface area contributed by atoms with Crippen molar-refractivity contribution in [1.29, 1.82) is 0 Å². The molecule has 0 spiro atoms. The average molecular weight is 519 g/mol. The van der Waals surface area contributed by atoms with Crippen LogP contribution in [0.5, 0.6) is 0 Å². The minimum absolute atomic E-state index is 0.0716. The van der Waals surface area contributed by atoms with Gasteiger partial charge in [0.1, 0.15) is 0 Å². The second-order valence-corrected chi connectivity index (χ2v) is 11.8.